The SMILES string of the molecule is Nc1ccc(Br)c(C(=O)N2CCC3(CCCCC3)CC2)c1. The Balaban J connectivity index is 1.69. The van der Waals surface area contributed by atoms with Gasteiger partial charge in [0.1, 0.15) is 0 Å². The maximum absolute atomic E-state index is 12.7. The second kappa shape index (κ2) is 5.99. The monoisotopic (exact) mass is 350 g/mol. The van der Waals surface area contributed by atoms with E-state index in [1.165, 1.54) is 44.9 Å². The number of nitrogen functional groups attached to an aromatic ring is 1. The number of piperidine rings is 1. The molecule has 1 aromatic rings. The average molecular weight is 351 g/mol. The van der Waals surface area contributed by atoms with Crippen LogP contribution in [0.15, 0.2) is 22.7 Å². The van der Waals surface area contributed by atoms with Crippen molar-refractivity contribution in [2.45, 2.75) is 44.9 Å². The Hall–Kier alpha value is -1.03. The number of anilines is 1. The predicted molar refractivity (Wildman–Crippen MR) is 89.2 cm³/mol. The minimum Gasteiger partial charge on any atom is -0.399 e. The molecule has 1 saturated heterocycles. The van der Waals surface area contributed by atoms with Crippen LogP contribution in [0.5, 0.6) is 0 Å². The number of halogens is 1. The number of hydrogen-bond acceptors (Lipinski definition) is 2. The molecule has 3 nitrogen and oxygen atoms in total. The van der Waals surface area contributed by atoms with Gasteiger partial charge in [-0.05, 0) is 65.2 Å². The fourth-order valence-corrected chi connectivity index (χ4v) is 4.28. The molecule has 3 rings (SSSR count). The van der Waals surface area contributed by atoms with E-state index in [4.69, 9.17) is 5.73 Å². The van der Waals surface area contributed by atoms with E-state index < -0.39 is 0 Å². The van der Waals surface area contributed by atoms with Crippen molar-refractivity contribution in [3.8, 4) is 0 Å². The zero-order chi connectivity index (χ0) is 14.9. The largest absolute Gasteiger partial charge is 0.399 e. The summed E-state index contributed by atoms with van der Waals surface area (Å²) >= 11 is 3.46. The molecule has 0 radical (unpaired) electrons. The van der Waals surface area contributed by atoms with Crippen LogP contribution in [0.4, 0.5) is 5.69 Å². The van der Waals surface area contributed by atoms with E-state index in [2.05, 4.69) is 15.9 Å². The Morgan fingerprint density at radius 3 is 2.43 bits per heavy atom. The van der Waals surface area contributed by atoms with Crippen molar-refractivity contribution in [2.75, 3.05) is 18.8 Å². The molecular formula is C17H23BrN2O. The summed E-state index contributed by atoms with van der Waals surface area (Å²) in [5.74, 6) is 0.111. The van der Waals surface area contributed by atoms with E-state index in [0.717, 1.165) is 17.6 Å². The van der Waals surface area contributed by atoms with Gasteiger partial charge in [-0.3, -0.25) is 4.79 Å². The van der Waals surface area contributed by atoms with E-state index >= 15 is 0 Å². The highest BCUT2D eigenvalue weighted by molar-refractivity contribution is 9.10. The van der Waals surface area contributed by atoms with E-state index in [1.54, 1.807) is 6.07 Å². The molecule has 1 aliphatic carbocycles. The standard InChI is InChI=1S/C17H23BrN2O/c18-15-5-4-13(19)12-14(15)16(21)20-10-8-17(9-11-20)6-2-1-3-7-17/h4-5,12H,1-3,6-11,19H2. The lowest BCUT2D eigenvalue weighted by Gasteiger charge is -2.44. The third-order valence-electron chi connectivity index (χ3n) is 5.25. The van der Waals surface area contributed by atoms with Crippen LogP contribution in [-0.2, 0) is 0 Å². The summed E-state index contributed by atoms with van der Waals surface area (Å²) in [6.45, 7) is 1.78. The van der Waals surface area contributed by atoms with Crippen molar-refractivity contribution in [1.29, 1.82) is 0 Å². The highest BCUT2D eigenvalue weighted by Crippen LogP contribution is 2.44. The van der Waals surface area contributed by atoms with Crippen LogP contribution in [0.25, 0.3) is 0 Å². The molecule has 2 aliphatic rings. The van der Waals surface area contributed by atoms with Gasteiger partial charge in [0.2, 0.25) is 0 Å². The fourth-order valence-electron chi connectivity index (χ4n) is 3.86. The number of rotatable bonds is 1. The number of carbonyl (C=O) groups is 1. The molecule has 1 aromatic carbocycles. The summed E-state index contributed by atoms with van der Waals surface area (Å²) in [5, 5.41) is 0. The molecule has 1 heterocycles. The summed E-state index contributed by atoms with van der Waals surface area (Å²) in [6, 6.07) is 5.45. The molecule has 2 fully saturated rings. The van der Waals surface area contributed by atoms with Crippen LogP contribution in [0.1, 0.15) is 55.3 Å². The van der Waals surface area contributed by atoms with Crippen molar-refractivity contribution >= 4 is 27.5 Å². The average Bonchev–Trinajstić information content (AvgIpc) is 2.51. The van der Waals surface area contributed by atoms with Gasteiger partial charge in [-0.2, -0.15) is 0 Å². The van der Waals surface area contributed by atoms with Gasteiger partial charge in [-0.15, -0.1) is 0 Å². The number of likely N-dealkylation sites (tertiary alicyclic amines) is 1. The second-order valence-electron chi connectivity index (χ2n) is 6.59. The first kappa shape index (κ1) is 14.9. The Morgan fingerprint density at radius 1 is 1.10 bits per heavy atom. The summed E-state index contributed by atoms with van der Waals surface area (Å²) in [5.41, 5.74) is 7.68. The smallest absolute Gasteiger partial charge is 0.255 e. The Bertz CT molecular complexity index is 528. The molecular weight excluding hydrogens is 328 g/mol. The summed E-state index contributed by atoms with van der Waals surface area (Å²) < 4.78 is 0.833. The molecule has 1 aliphatic heterocycles. The number of benzene rings is 1. The minimum absolute atomic E-state index is 0.111. The second-order valence-corrected chi connectivity index (χ2v) is 7.45. The van der Waals surface area contributed by atoms with Crippen LogP contribution >= 0.6 is 15.9 Å². The van der Waals surface area contributed by atoms with Gasteiger partial charge in [0.15, 0.2) is 0 Å². The third-order valence-corrected chi connectivity index (χ3v) is 5.94. The molecule has 21 heavy (non-hydrogen) atoms. The van der Waals surface area contributed by atoms with Crippen molar-refractivity contribution in [2.24, 2.45) is 5.41 Å². The van der Waals surface area contributed by atoms with E-state index in [-0.39, 0.29) is 5.91 Å². The normalized spacial score (nSPS) is 21.5. The van der Waals surface area contributed by atoms with E-state index in [0.29, 0.717) is 16.7 Å². The lowest BCUT2D eigenvalue weighted by Crippen LogP contribution is -2.44. The molecule has 4 heteroatoms. The molecule has 0 atom stereocenters. The number of carbonyl (C=O) groups excluding carboxylic acids is 1. The number of nitrogens with zero attached hydrogens (tertiary/aromatic N) is 1. The molecule has 1 spiro atoms. The minimum atomic E-state index is 0.111. The predicted octanol–water partition coefficient (Wildman–Crippen LogP) is 4.22. The quantitative estimate of drug-likeness (QED) is 0.770. The van der Waals surface area contributed by atoms with Crippen molar-refractivity contribution < 1.29 is 4.79 Å². The first-order chi connectivity index (χ1) is 10.1. The topological polar surface area (TPSA) is 46.3 Å². The van der Waals surface area contributed by atoms with Crippen molar-refractivity contribution in [3.05, 3.63) is 28.2 Å². The van der Waals surface area contributed by atoms with Gasteiger partial charge in [0.25, 0.3) is 5.91 Å². The Morgan fingerprint density at radius 2 is 1.76 bits per heavy atom. The lowest BCUT2D eigenvalue weighted by molar-refractivity contribution is 0.0471. The van der Waals surface area contributed by atoms with Gasteiger partial charge in [0.05, 0.1) is 5.56 Å². The third kappa shape index (κ3) is 3.10. The van der Waals surface area contributed by atoms with Gasteiger partial charge in [-0.25, -0.2) is 0 Å². The zero-order valence-electron chi connectivity index (χ0n) is 12.4. The van der Waals surface area contributed by atoms with Crippen molar-refractivity contribution in [3.63, 3.8) is 0 Å². The van der Waals surface area contributed by atoms with Crippen LogP contribution in [0, 0.1) is 5.41 Å². The Labute approximate surface area is 135 Å². The molecule has 2 N–H and O–H groups in total. The zero-order valence-corrected chi connectivity index (χ0v) is 14.0. The van der Waals surface area contributed by atoms with Gasteiger partial charge in [-0.1, -0.05) is 19.3 Å². The van der Waals surface area contributed by atoms with E-state index in [9.17, 15) is 4.79 Å². The lowest BCUT2D eigenvalue weighted by atomic mass is 9.68. The van der Waals surface area contributed by atoms with Gasteiger partial charge >= 0.3 is 0 Å². The molecule has 1 amide bonds. The molecule has 0 bridgehead atoms. The Kier molecular flexibility index (Phi) is 4.25. The molecule has 114 valence electrons. The maximum Gasteiger partial charge on any atom is 0.255 e. The highest BCUT2D eigenvalue weighted by Gasteiger charge is 2.36. The van der Waals surface area contributed by atoms with Crippen LogP contribution < -0.4 is 5.73 Å². The summed E-state index contributed by atoms with van der Waals surface area (Å²) in [4.78, 5) is 14.7. The van der Waals surface area contributed by atoms with Crippen LogP contribution in [-0.4, -0.2) is 23.9 Å². The summed E-state index contributed by atoms with van der Waals surface area (Å²) in [6.07, 6.45) is 9.18. The molecule has 1 saturated carbocycles. The first-order valence-electron chi connectivity index (χ1n) is 7.94. The first-order valence-corrected chi connectivity index (χ1v) is 8.73. The summed E-state index contributed by atoms with van der Waals surface area (Å²) in [7, 11) is 0. The highest BCUT2D eigenvalue weighted by atomic mass is 79.9. The van der Waals surface area contributed by atoms with E-state index in [1.807, 2.05) is 17.0 Å². The number of amides is 1. The van der Waals surface area contributed by atoms with Crippen molar-refractivity contribution in [1.82, 2.24) is 4.90 Å². The molecule has 0 aromatic heterocycles. The fraction of sp³-hybridized carbons (Fsp3) is 0.588. The number of nitrogens with two attached hydrogens (primary N) is 1. The van der Waals surface area contributed by atoms with Gasteiger partial charge in [0, 0.05) is 23.2 Å². The van der Waals surface area contributed by atoms with Crippen LogP contribution in [0.2, 0.25) is 0 Å². The molecule has 0 unspecified atom stereocenters. The maximum atomic E-state index is 12.7. The van der Waals surface area contributed by atoms with Crippen LogP contribution in [0.3, 0.4) is 0 Å². The number of hydrogen-bond donors (Lipinski definition) is 1. The van der Waals surface area contributed by atoms with Gasteiger partial charge < -0.3 is 10.6 Å².